The number of rotatable bonds is 9. The monoisotopic (exact) mass is 522 g/mol. The Labute approximate surface area is 229 Å². The average molecular weight is 523 g/mol. The van der Waals surface area contributed by atoms with Gasteiger partial charge in [-0.2, -0.15) is 9.78 Å². The topological polar surface area (TPSA) is 68.9 Å². The fourth-order valence-corrected chi connectivity index (χ4v) is 4.35. The molecule has 0 fully saturated rings. The average Bonchev–Trinajstić information content (AvgIpc) is 2.91. The third kappa shape index (κ3) is 5.80. The summed E-state index contributed by atoms with van der Waals surface area (Å²) in [5.74, 6) is 4.58. The van der Waals surface area contributed by atoms with Crippen LogP contribution >= 0.6 is 0 Å². The molecule has 0 saturated carbocycles. The maximum atomic E-state index is 13.8. The summed E-state index contributed by atoms with van der Waals surface area (Å²) in [6.07, 6.45) is 7.05. The van der Waals surface area contributed by atoms with E-state index in [0.29, 0.717) is 34.6 Å². The van der Waals surface area contributed by atoms with E-state index in [2.05, 4.69) is 30.9 Å². The molecule has 4 rings (SSSR count). The Kier molecular flexibility index (Phi) is 8.36. The molecule has 0 aliphatic heterocycles. The zero-order valence-corrected chi connectivity index (χ0v) is 23.4. The summed E-state index contributed by atoms with van der Waals surface area (Å²) in [5.41, 5.74) is 4.78. The highest BCUT2D eigenvalue weighted by atomic mass is 16.5. The van der Waals surface area contributed by atoms with Crippen molar-refractivity contribution in [3.05, 3.63) is 81.6 Å². The highest BCUT2D eigenvalue weighted by molar-refractivity contribution is 5.85. The van der Waals surface area contributed by atoms with Crippen LogP contribution in [0.2, 0.25) is 0 Å². The van der Waals surface area contributed by atoms with Crippen molar-refractivity contribution in [3.63, 3.8) is 0 Å². The molecule has 0 N–H and O–H groups in total. The summed E-state index contributed by atoms with van der Waals surface area (Å²) in [6.45, 7) is 8.87. The number of ether oxygens (including phenoxy) is 2. The fraction of sp³-hybridized carbons (Fsp3) is 0.281. The van der Waals surface area contributed by atoms with Gasteiger partial charge in [0.05, 0.1) is 23.7 Å². The van der Waals surface area contributed by atoms with Crippen molar-refractivity contribution in [3.8, 4) is 35.2 Å². The van der Waals surface area contributed by atoms with Crippen LogP contribution in [0.15, 0.2) is 64.5 Å². The Bertz CT molecular complexity index is 1630. The lowest BCUT2D eigenvalue weighted by atomic mass is 9.96. The third-order valence-corrected chi connectivity index (χ3v) is 6.41. The van der Waals surface area contributed by atoms with E-state index in [4.69, 9.17) is 20.9 Å². The van der Waals surface area contributed by atoms with Crippen molar-refractivity contribution in [1.82, 2.24) is 9.66 Å². The van der Waals surface area contributed by atoms with Gasteiger partial charge in [0.2, 0.25) is 0 Å². The van der Waals surface area contributed by atoms with E-state index in [1.54, 1.807) is 12.3 Å². The van der Waals surface area contributed by atoms with Crippen molar-refractivity contribution >= 4 is 22.8 Å². The van der Waals surface area contributed by atoms with E-state index in [0.717, 1.165) is 28.1 Å². The SMILES string of the molecule is C#CCOc1cc(N(C)C)ccc1C=Nn1c(-c2cc(C(C)C)c(OCC)cc2C)nc2ccccc2c1=O. The predicted octanol–water partition coefficient (Wildman–Crippen LogP) is 5.85. The van der Waals surface area contributed by atoms with Crippen LogP contribution < -0.4 is 19.9 Å². The first-order valence-corrected chi connectivity index (χ1v) is 13.0. The summed E-state index contributed by atoms with van der Waals surface area (Å²) in [6, 6.07) is 17.1. The van der Waals surface area contributed by atoms with Crippen molar-refractivity contribution < 1.29 is 9.47 Å². The van der Waals surface area contributed by atoms with E-state index >= 15 is 0 Å². The summed E-state index contributed by atoms with van der Waals surface area (Å²) in [4.78, 5) is 20.6. The molecule has 4 aromatic rings. The molecule has 0 saturated heterocycles. The van der Waals surface area contributed by atoms with Crippen molar-refractivity contribution in [2.24, 2.45) is 5.10 Å². The van der Waals surface area contributed by atoms with Crippen LogP contribution in [-0.2, 0) is 0 Å². The molecule has 200 valence electrons. The molecule has 39 heavy (non-hydrogen) atoms. The summed E-state index contributed by atoms with van der Waals surface area (Å²) in [7, 11) is 3.90. The van der Waals surface area contributed by atoms with Gasteiger partial charge in [0.15, 0.2) is 5.82 Å². The lowest BCUT2D eigenvalue weighted by molar-refractivity contribution is 0.335. The third-order valence-electron chi connectivity index (χ3n) is 6.41. The lowest BCUT2D eigenvalue weighted by Crippen LogP contribution is -2.21. The first kappa shape index (κ1) is 27.5. The van der Waals surface area contributed by atoms with Gasteiger partial charge in [-0.15, -0.1) is 6.42 Å². The van der Waals surface area contributed by atoms with E-state index in [9.17, 15) is 4.79 Å². The molecule has 0 radical (unpaired) electrons. The maximum absolute atomic E-state index is 13.8. The van der Waals surface area contributed by atoms with Crippen LogP contribution in [0, 0.1) is 19.3 Å². The number of nitrogens with zero attached hydrogens (tertiary/aromatic N) is 4. The maximum Gasteiger partial charge on any atom is 0.282 e. The Balaban J connectivity index is 1.94. The zero-order chi connectivity index (χ0) is 28.1. The van der Waals surface area contributed by atoms with Gasteiger partial charge in [-0.3, -0.25) is 4.79 Å². The summed E-state index contributed by atoms with van der Waals surface area (Å²) < 4.78 is 13.1. The molecule has 7 nitrogen and oxygen atoms in total. The van der Waals surface area contributed by atoms with Gasteiger partial charge in [-0.05, 0) is 67.3 Å². The van der Waals surface area contributed by atoms with E-state index in [1.807, 2.05) is 75.3 Å². The molecule has 1 heterocycles. The smallest absolute Gasteiger partial charge is 0.282 e. The van der Waals surface area contributed by atoms with Crippen LogP contribution in [-0.4, -0.2) is 43.2 Å². The Morgan fingerprint density at radius 2 is 1.87 bits per heavy atom. The molecular weight excluding hydrogens is 488 g/mol. The second-order valence-corrected chi connectivity index (χ2v) is 9.72. The summed E-state index contributed by atoms with van der Waals surface area (Å²) >= 11 is 0. The number of benzene rings is 3. The standard InChI is InChI=1S/C32H34N4O3/c1-8-16-39-29-18-24(35(6)7)15-14-23(29)20-33-36-31(34-28-13-11-10-12-25(28)32(36)37)27-19-26(21(3)4)30(38-9-2)17-22(27)5/h1,10-15,17-21H,9,16H2,2-7H3. The Morgan fingerprint density at radius 1 is 1.10 bits per heavy atom. The number of aryl methyl sites for hydroxylation is 1. The van der Waals surface area contributed by atoms with Crippen molar-refractivity contribution in [2.75, 3.05) is 32.2 Å². The minimum Gasteiger partial charge on any atom is -0.494 e. The predicted molar refractivity (Wildman–Crippen MR) is 160 cm³/mol. The second kappa shape index (κ2) is 11.9. The van der Waals surface area contributed by atoms with Gasteiger partial charge in [0, 0.05) is 37.0 Å². The molecular formula is C32H34N4O3. The highest BCUT2D eigenvalue weighted by Gasteiger charge is 2.18. The first-order chi connectivity index (χ1) is 18.7. The molecule has 0 aliphatic rings. The minimum atomic E-state index is -0.262. The Hall–Kier alpha value is -4.57. The molecule has 3 aromatic carbocycles. The van der Waals surface area contributed by atoms with Crippen LogP contribution in [0.1, 0.15) is 43.4 Å². The van der Waals surface area contributed by atoms with Crippen molar-refractivity contribution in [2.45, 2.75) is 33.6 Å². The van der Waals surface area contributed by atoms with Crippen LogP contribution in [0.25, 0.3) is 22.3 Å². The largest absolute Gasteiger partial charge is 0.494 e. The number of terminal acetylenes is 1. The minimum absolute atomic E-state index is 0.115. The lowest BCUT2D eigenvalue weighted by Gasteiger charge is -2.18. The van der Waals surface area contributed by atoms with Gasteiger partial charge >= 0.3 is 0 Å². The molecule has 1 aromatic heterocycles. The number of fused-ring (bicyclic) bond motifs is 1. The number of hydrogen-bond acceptors (Lipinski definition) is 6. The first-order valence-electron chi connectivity index (χ1n) is 13.0. The van der Waals surface area contributed by atoms with Crippen LogP contribution in [0.3, 0.4) is 0 Å². The van der Waals surface area contributed by atoms with Gasteiger partial charge in [0.25, 0.3) is 5.56 Å². The zero-order valence-electron chi connectivity index (χ0n) is 23.4. The summed E-state index contributed by atoms with van der Waals surface area (Å²) in [5, 5.41) is 5.14. The molecule has 0 aliphatic carbocycles. The number of hydrogen-bond donors (Lipinski definition) is 0. The number of anilines is 1. The molecule has 0 unspecified atom stereocenters. The molecule has 0 bridgehead atoms. The fourth-order valence-electron chi connectivity index (χ4n) is 4.35. The van der Waals surface area contributed by atoms with Gasteiger partial charge < -0.3 is 14.4 Å². The Morgan fingerprint density at radius 3 is 2.56 bits per heavy atom. The second-order valence-electron chi connectivity index (χ2n) is 9.72. The van der Waals surface area contributed by atoms with E-state index < -0.39 is 0 Å². The van der Waals surface area contributed by atoms with Gasteiger partial charge in [0.1, 0.15) is 18.1 Å². The van der Waals surface area contributed by atoms with Crippen LogP contribution in [0.5, 0.6) is 11.5 Å². The normalized spacial score (nSPS) is 11.2. The molecule has 7 heteroatoms. The molecule has 0 atom stereocenters. The molecule has 0 amide bonds. The van der Waals surface area contributed by atoms with E-state index in [1.165, 1.54) is 4.68 Å². The molecule has 0 spiro atoms. The quantitative estimate of drug-likeness (QED) is 0.204. The number of para-hydroxylation sites is 1. The van der Waals surface area contributed by atoms with Gasteiger partial charge in [-0.25, -0.2) is 4.98 Å². The highest BCUT2D eigenvalue weighted by Crippen LogP contribution is 2.34. The van der Waals surface area contributed by atoms with Gasteiger partial charge in [-0.1, -0.05) is 31.9 Å². The van der Waals surface area contributed by atoms with E-state index in [-0.39, 0.29) is 18.1 Å². The number of aromatic nitrogens is 2. The van der Waals surface area contributed by atoms with Crippen molar-refractivity contribution in [1.29, 1.82) is 0 Å². The van der Waals surface area contributed by atoms with Crippen LogP contribution in [0.4, 0.5) is 5.69 Å².